The first-order chi connectivity index (χ1) is 7.60. The second-order valence-corrected chi connectivity index (χ2v) is 5.10. The molecule has 4 nitrogen and oxygen atoms in total. The fourth-order valence-corrected chi connectivity index (χ4v) is 1.39. The summed E-state index contributed by atoms with van der Waals surface area (Å²) in [7, 11) is 0. The van der Waals surface area contributed by atoms with E-state index in [0.717, 1.165) is 39.3 Å². The quantitative estimate of drug-likeness (QED) is 0.426. The molecule has 0 radical (unpaired) electrons. The summed E-state index contributed by atoms with van der Waals surface area (Å²) in [6.07, 6.45) is 0. The van der Waals surface area contributed by atoms with E-state index < -0.39 is 0 Å². The lowest BCUT2D eigenvalue weighted by Gasteiger charge is -2.17. The normalized spacial score (nSPS) is 17.1. The van der Waals surface area contributed by atoms with E-state index in [1.165, 1.54) is 0 Å². The average molecular weight is 230 g/mol. The predicted molar refractivity (Wildman–Crippen MR) is 71.3 cm³/mol. The monoisotopic (exact) mass is 230 g/mol. The van der Waals surface area contributed by atoms with Crippen molar-refractivity contribution >= 4 is 0 Å². The van der Waals surface area contributed by atoms with Gasteiger partial charge in [0.2, 0.25) is 0 Å². The maximum atomic E-state index is 5.55. The molecule has 0 aliphatic rings. The fourth-order valence-electron chi connectivity index (χ4n) is 1.39. The molecule has 2 unspecified atom stereocenters. The minimum Gasteiger partial charge on any atom is -0.330 e. The molecule has 0 spiro atoms. The van der Waals surface area contributed by atoms with Crippen LogP contribution in [0.15, 0.2) is 0 Å². The molecule has 16 heavy (non-hydrogen) atoms. The Labute approximate surface area is 101 Å². The van der Waals surface area contributed by atoms with Gasteiger partial charge in [-0.1, -0.05) is 20.8 Å². The Morgan fingerprint density at radius 3 is 1.31 bits per heavy atom. The number of hydrogen-bond acceptors (Lipinski definition) is 4. The highest BCUT2D eigenvalue weighted by molar-refractivity contribution is 4.64. The van der Waals surface area contributed by atoms with Crippen molar-refractivity contribution in [1.29, 1.82) is 0 Å². The summed E-state index contributed by atoms with van der Waals surface area (Å²) in [6.45, 7) is 12.2. The van der Waals surface area contributed by atoms with Crippen LogP contribution in [0, 0.1) is 17.8 Å². The van der Waals surface area contributed by atoms with Crippen LogP contribution in [-0.4, -0.2) is 39.3 Å². The van der Waals surface area contributed by atoms with E-state index in [0.29, 0.717) is 17.8 Å². The van der Waals surface area contributed by atoms with Gasteiger partial charge in [0.05, 0.1) is 0 Å². The number of nitrogens with two attached hydrogens (primary N) is 2. The largest absolute Gasteiger partial charge is 0.330 e. The first-order valence-corrected chi connectivity index (χ1v) is 6.41. The minimum atomic E-state index is 0.567. The van der Waals surface area contributed by atoms with Gasteiger partial charge < -0.3 is 22.1 Å². The third kappa shape index (κ3) is 9.09. The van der Waals surface area contributed by atoms with Crippen LogP contribution in [0.5, 0.6) is 0 Å². The van der Waals surface area contributed by atoms with E-state index in [1.54, 1.807) is 0 Å². The first kappa shape index (κ1) is 15.8. The molecule has 0 aromatic rings. The van der Waals surface area contributed by atoms with Crippen LogP contribution >= 0.6 is 0 Å². The molecule has 0 rings (SSSR count). The van der Waals surface area contributed by atoms with Crippen molar-refractivity contribution in [2.24, 2.45) is 29.2 Å². The van der Waals surface area contributed by atoms with Crippen molar-refractivity contribution in [2.75, 3.05) is 39.3 Å². The van der Waals surface area contributed by atoms with E-state index in [-0.39, 0.29) is 0 Å². The predicted octanol–water partition coefficient (Wildman–Crippen LogP) is -0.00870. The van der Waals surface area contributed by atoms with Crippen LogP contribution in [0.4, 0.5) is 0 Å². The van der Waals surface area contributed by atoms with Crippen LogP contribution in [0.2, 0.25) is 0 Å². The van der Waals surface area contributed by atoms with Crippen LogP contribution < -0.4 is 22.1 Å². The SMILES string of the molecule is CC(CN)CNCC(C)CNCC(C)CN. The van der Waals surface area contributed by atoms with Crippen LogP contribution in [0.3, 0.4) is 0 Å². The second-order valence-electron chi connectivity index (χ2n) is 5.10. The molecule has 0 saturated carbocycles. The zero-order valence-corrected chi connectivity index (χ0v) is 11.1. The van der Waals surface area contributed by atoms with Crippen molar-refractivity contribution in [3.63, 3.8) is 0 Å². The lowest BCUT2D eigenvalue weighted by atomic mass is 10.1. The molecular weight excluding hydrogens is 200 g/mol. The Bertz CT molecular complexity index is 136. The Morgan fingerprint density at radius 1 is 0.688 bits per heavy atom. The fraction of sp³-hybridized carbons (Fsp3) is 1.00. The van der Waals surface area contributed by atoms with Gasteiger partial charge in [-0.05, 0) is 57.0 Å². The molecule has 0 fully saturated rings. The van der Waals surface area contributed by atoms with Gasteiger partial charge in [0, 0.05) is 0 Å². The van der Waals surface area contributed by atoms with Crippen molar-refractivity contribution in [2.45, 2.75) is 20.8 Å². The van der Waals surface area contributed by atoms with Crippen LogP contribution in [0.1, 0.15) is 20.8 Å². The second kappa shape index (κ2) is 10.0. The Kier molecular flexibility index (Phi) is 9.92. The smallest absolute Gasteiger partial charge is 0.00109 e. The van der Waals surface area contributed by atoms with Gasteiger partial charge in [-0.3, -0.25) is 0 Å². The first-order valence-electron chi connectivity index (χ1n) is 6.41. The highest BCUT2D eigenvalue weighted by Crippen LogP contribution is 1.94. The molecular formula is C12H30N4. The Balaban J connectivity index is 3.34. The summed E-state index contributed by atoms with van der Waals surface area (Å²) in [5.41, 5.74) is 11.1. The van der Waals surface area contributed by atoms with Crippen molar-refractivity contribution in [3.05, 3.63) is 0 Å². The Morgan fingerprint density at radius 2 is 1.00 bits per heavy atom. The standard InChI is InChI=1S/C12H30N4/c1-10(4-13)6-15-8-12(3)9-16-7-11(2)5-14/h10-12,15-16H,4-9,13-14H2,1-3H3. The van der Waals surface area contributed by atoms with Gasteiger partial charge in [-0.15, -0.1) is 0 Å². The topological polar surface area (TPSA) is 76.1 Å². The molecule has 0 aromatic heterocycles. The van der Waals surface area contributed by atoms with Gasteiger partial charge in [-0.25, -0.2) is 0 Å². The third-order valence-electron chi connectivity index (χ3n) is 2.78. The zero-order valence-electron chi connectivity index (χ0n) is 11.1. The highest BCUT2D eigenvalue weighted by atomic mass is 14.9. The molecule has 98 valence electrons. The molecule has 0 aliphatic heterocycles. The van der Waals surface area contributed by atoms with E-state index in [1.807, 2.05) is 0 Å². The number of nitrogens with one attached hydrogen (secondary N) is 2. The summed E-state index contributed by atoms with van der Waals surface area (Å²) in [5, 5.41) is 6.89. The molecule has 2 atom stereocenters. The van der Waals surface area contributed by atoms with Gasteiger partial charge in [0.1, 0.15) is 0 Å². The molecule has 0 bridgehead atoms. The maximum absolute atomic E-state index is 5.55. The van der Waals surface area contributed by atoms with Gasteiger partial charge in [-0.2, -0.15) is 0 Å². The zero-order chi connectivity index (χ0) is 12.4. The van der Waals surface area contributed by atoms with Crippen LogP contribution in [0.25, 0.3) is 0 Å². The average Bonchev–Trinajstić information content (AvgIpc) is 2.28. The van der Waals surface area contributed by atoms with E-state index >= 15 is 0 Å². The van der Waals surface area contributed by atoms with E-state index in [9.17, 15) is 0 Å². The molecule has 4 heteroatoms. The maximum Gasteiger partial charge on any atom is -0.00109 e. The summed E-state index contributed by atoms with van der Waals surface area (Å²) < 4.78 is 0. The van der Waals surface area contributed by atoms with Crippen molar-refractivity contribution in [1.82, 2.24) is 10.6 Å². The lowest BCUT2D eigenvalue weighted by molar-refractivity contribution is 0.424. The summed E-state index contributed by atoms with van der Waals surface area (Å²) in [5.74, 6) is 1.78. The number of hydrogen-bond donors (Lipinski definition) is 4. The van der Waals surface area contributed by atoms with Gasteiger partial charge in [0.25, 0.3) is 0 Å². The van der Waals surface area contributed by atoms with Crippen molar-refractivity contribution < 1.29 is 0 Å². The summed E-state index contributed by atoms with van der Waals surface area (Å²) >= 11 is 0. The van der Waals surface area contributed by atoms with E-state index in [4.69, 9.17) is 11.5 Å². The third-order valence-corrected chi connectivity index (χ3v) is 2.78. The van der Waals surface area contributed by atoms with Gasteiger partial charge in [0.15, 0.2) is 0 Å². The van der Waals surface area contributed by atoms with E-state index in [2.05, 4.69) is 31.4 Å². The summed E-state index contributed by atoms with van der Waals surface area (Å²) in [6, 6.07) is 0. The molecule has 0 saturated heterocycles. The molecule has 6 N–H and O–H groups in total. The number of rotatable bonds is 10. The van der Waals surface area contributed by atoms with Gasteiger partial charge >= 0.3 is 0 Å². The molecule has 0 aliphatic carbocycles. The minimum absolute atomic E-state index is 0.567. The van der Waals surface area contributed by atoms with Crippen molar-refractivity contribution in [3.8, 4) is 0 Å². The Hall–Kier alpha value is -0.160. The molecule has 0 heterocycles. The lowest BCUT2D eigenvalue weighted by Crippen LogP contribution is -2.35. The summed E-state index contributed by atoms with van der Waals surface area (Å²) in [4.78, 5) is 0. The van der Waals surface area contributed by atoms with Crippen LogP contribution in [-0.2, 0) is 0 Å². The molecule has 0 amide bonds. The highest BCUT2D eigenvalue weighted by Gasteiger charge is 2.04. The molecule has 0 aromatic carbocycles.